The molecule has 0 radical (unpaired) electrons. The van der Waals surface area contributed by atoms with Crippen LogP contribution in [-0.2, 0) is 4.74 Å². The Kier molecular flexibility index (Phi) is 5.73. The molecule has 0 aromatic carbocycles. The van der Waals surface area contributed by atoms with Crippen LogP contribution in [0.3, 0.4) is 0 Å². The van der Waals surface area contributed by atoms with Crippen LogP contribution in [0.4, 0.5) is 0 Å². The molecule has 1 aliphatic carbocycles. The maximum atomic E-state index is 6.49. The molecule has 0 bridgehead atoms. The van der Waals surface area contributed by atoms with E-state index < -0.39 is 0 Å². The molecule has 3 heteroatoms. The Labute approximate surface area is 100 Å². The summed E-state index contributed by atoms with van der Waals surface area (Å²) in [7, 11) is 1.76. The monoisotopic (exact) mass is 228 g/mol. The Hall–Kier alpha value is -0.120. The summed E-state index contributed by atoms with van der Waals surface area (Å²) < 4.78 is 5.16. The Balaban J connectivity index is 2.45. The van der Waals surface area contributed by atoms with Crippen LogP contribution in [0.15, 0.2) is 0 Å². The largest absolute Gasteiger partial charge is 0.383 e. The van der Waals surface area contributed by atoms with Gasteiger partial charge in [0.05, 0.1) is 6.61 Å². The van der Waals surface area contributed by atoms with E-state index in [0.717, 1.165) is 19.7 Å². The molecule has 0 aromatic rings. The fraction of sp³-hybridized carbons (Fsp3) is 1.00. The van der Waals surface area contributed by atoms with Gasteiger partial charge < -0.3 is 10.5 Å². The highest BCUT2D eigenvalue weighted by Crippen LogP contribution is 2.27. The van der Waals surface area contributed by atoms with Crippen LogP contribution < -0.4 is 5.73 Å². The lowest BCUT2D eigenvalue weighted by Crippen LogP contribution is -2.53. The number of ether oxygens (including phenoxy) is 1. The number of nitrogens with zero attached hydrogens (tertiary/aromatic N) is 1. The first-order chi connectivity index (χ1) is 7.57. The van der Waals surface area contributed by atoms with E-state index in [2.05, 4.69) is 18.7 Å². The molecule has 1 rings (SSSR count). The van der Waals surface area contributed by atoms with Crippen molar-refractivity contribution in [2.75, 3.05) is 26.8 Å². The van der Waals surface area contributed by atoms with Crippen molar-refractivity contribution in [1.29, 1.82) is 0 Å². The van der Waals surface area contributed by atoms with Crippen molar-refractivity contribution in [2.24, 2.45) is 5.73 Å². The summed E-state index contributed by atoms with van der Waals surface area (Å²) in [5.74, 6) is 0. The zero-order chi connectivity index (χ0) is 12.0. The lowest BCUT2D eigenvalue weighted by molar-refractivity contribution is 0.0984. The predicted octanol–water partition coefficient (Wildman–Crippen LogP) is 2.00. The molecule has 1 saturated carbocycles. The van der Waals surface area contributed by atoms with E-state index in [1.54, 1.807) is 7.11 Å². The van der Waals surface area contributed by atoms with Crippen LogP contribution in [0.5, 0.6) is 0 Å². The molecule has 0 amide bonds. The minimum Gasteiger partial charge on any atom is -0.383 e. The van der Waals surface area contributed by atoms with Crippen LogP contribution in [0.2, 0.25) is 0 Å². The van der Waals surface area contributed by atoms with E-state index in [0.29, 0.717) is 6.04 Å². The summed E-state index contributed by atoms with van der Waals surface area (Å²) in [6, 6.07) is 0.553. The van der Waals surface area contributed by atoms with E-state index in [1.807, 2.05) is 0 Å². The summed E-state index contributed by atoms with van der Waals surface area (Å²) in [4.78, 5) is 2.45. The first-order valence-electron chi connectivity index (χ1n) is 6.59. The molecule has 1 fully saturated rings. The normalized spacial score (nSPS) is 20.6. The second kappa shape index (κ2) is 6.58. The molecule has 1 aliphatic rings. The second-order valence-corrected chi connectivity index (χ2v) is 5.48. The Morgan fingerprint density at radius 1 is 1.25 bits per heavy atom. The second-order valence-electron chi connectivity index (χ2n) is 5.48. The van der Waals surface area contributed by atoms with Gasteiger partial charge in [0, 0.05) is 31.8 Å². The van der Waals surface area contributed by atoms with Gasteiger partial charge in [0.15, 0.2) is 0 Å². The van der Waals surface area contributed by atoms with Crippen molar-refractivity contribution >= 4 is 0 Å². The van der Waals surface area contributed by atoms with E-state index in [1.165, 1.54) is 32.1 Å². The fourth-order valence-corrected chi connectivity index (χ4v) is 2.55. The van der Waals surface area contributed by atoms with Crippen LogP contribution in [0, 0.1) is 0 Å². The zero-order valence-electron chi connectivity index (χ0n) is 11.2. The number of hydrogen-bond acceptors (Lipinski definition) is 3. The first kappa shape index (κ1) is 13.9. The van der Waals surface area contributed by atoms with Crippen molar-refractivity contribution in [2.45, 2.75) is 57.5 Å². The molecule has 0 aromatic heterocycles. The van der Waals surface area contributed by atoms with E-state index >= 15 is 0 Å². The molecule has 0 aliphatic heterocycles. The molecular formula is C13H28N2O. The lowest BCUT2D eigenvalue weighted by Gasteiger charge is -2.39. The van der Waals surface area contributed by atoms with E-state index in [4.69, 9.17) is 10.5 Å². The topological polar surface area (TPSA) is 38.5 Å². The number of methoxy groups -OCH3 is 1. The maximum absolute atomic E-state index is 6.49. The van der Waals surface area contributed by atoms with Crippen LogP contribution >= 0.6 is 0 Å². The highest BCUT2D eigenvalue weighted by Gasteiger charge is 2.30. The molecule has 3 nitrogen and oxygen atoms in total. The minimum atomic E-state index is 0.0518. The summed E-state index contributed by atoms with van der Waals surface area (Å²) in [5, 5.41) is 0. The van der Waals surface area contributed by atoms with Gasteiger partial charge in [-0.15, -0.1) is 0 Å². The highest BCUT2D eigenvalue weighted by molar-refractivity contribution is 4.90. The van der Waals surface area contributed by atoms with Crippen molar-refractivity contribution in [3.8, 4) is 0 Å². The molecule has 0 atom stereocenters. The SMILES string of the molecule is COCCN(CC1(N)CCCCC1)C(C)C. The Morgan fingerprint density at radius 3 is 2.38 bits per heavy atom. The van der Waals surface area contributed by atoms with Crippen molar-refractivity contribution in [1.82, 2.24) is 4.90 Å². The third-order valence-corrected chi connectivity index (χ3v) is 3.68. The van der Waals surface area contributed by atoms with Gasteiger partial charge in [-0.2, -0.15) is 0 Å². The smallest absolute Gasteiger partial charge is 0.0589 e. The van der Waals surface area contributed by atoms with Crippen molar-refractivity contribution in [3.63, 3.8) is 0 Å². The molecule has 0 spiro atoms. The third-order valence-electron chi connectivity index (χ3n) is 3.68. The van der Waals surface area contributed by atoms with Gasteiger partial charge >= 0.3 is 0 Å². The van der Waals surface area contributed by atoms with E-state index in [-0.39, 0.29) is 5.54 Å². The van der Waals surface area contributed by atoms with Gasteiger partial charge in [-0.1, -0.05) is 19.3 Å². The summed E-state index contributed by atoms with van der Waals surface area (Å²) in [5.41, 5.74) is 6.54. The number of hydrogen-bond donors (Lipinski definition) is 1. The maximum Gasteiger partial charge on any atom is 0.0589 e. The van der Waals surface area contributed by atoms with Gasteiger partial charge in [0.25, 0.3) is 0 Å². The van der Waals surface area contributed by atoms with Gasteiger partial charge in [-0.25, -0.2) is 0 Å². The molecule has 0 saturated heterocycles. The average Bonchev–Trinajstić information content (AvgIpc) is 2.25. The molecular weight excluding hydrogens is 200 g/mol. The third kappa shape index (κ3) is 4.40. The van der Waals surface area contributed by atoms with Crippen LogP contribution in [-0.4, -0.2) is 43.3 Å². The summed E-state index contributed by atoms with van der Waals surface area (Å²) >= 11 is 0. The quantitative estimate of drug-likeness (QED) is 0.756. The molecule has 16 heavy (non-hydrogen) atoms. The van der Waals surface area contributed by atoms with Gasteiger partial charge in [-0.05, 0) is 26.7 Å². The van der Waals surface area contributed by atoms with Gasteiger partial charge in [-0.3, -0.25) is 4.90 Å². The lowest BCUT2D eigenvalue weighted by atomic mass is 9.82. The van der Waals surface area contributed by atoms with Crippen molar-refractivity contribution in [3.05, 3.63) is 0 Å². The Bertz CT molecular complexity index is 188. The zero-order valence-corrected chi connectivity index (χ0v) is 11.2. The van der Waals surface area contributed by atoms with Crippen LogP contribution in [0.25, 0.3) is 0 Å². The first-order valence-corrected chi connectivity index (χ1v) is 6.59. The molecule has 0 heterocycles. The number of rotatable bonds is 6. The fourth-order valence-electron chi connectivity index (χ4n) is 2.55. The molecule has 2 N–H and O–H groups in total. The van der Waals surface area contributed by atoms with Gasteiger partial charge in [0.1, 0.15) is 0 Å². The van der Waals surface area contributed by atoms with Crippen LogP contribution in [0.1, 0.15) is 46.0 Å². The van der Waals surface area contributed by atoms with Crippen molar-refractivity contribution < 1.29 is 4.74 Å². The highest BCUT2D eigenvalue weighted by atomic mass is 16.5. The summed E-state index contributed by atoms with van der Waals surface area (Å²) in [6.07, 6.45) is 6.32. The minimum absolute atomic E-state index is 0.0518. The summed E-state index contributed by atoms with van der Waals surface area (Å²) in [6.45, 7) is 7.29. The average molecular weight is 228 g/mol. The molecule has 0 unspecified atom stereocenters. The Morgan fingerprint density at radius 2 is 1.88 bits per heavy atom. The number of nitrogens with two attached hydrogens (primary N) is 1. The van der Waals surface area contributed by atoms with E-state index in [9.17, 15) is 0 Å². The predicted molar refractivity (Wildman–Crippen MR) is 68.6 cm³/mol. The van der Waals surface area contributed by atoms with Gasteiger partial charge in [0.2, 0.25) is 0 Å². The molecule has 96 valence electrons. The standard InChI is InChI=1S/C13H28N2O/c1-12(2)15(9-10-16-3)11-13(14)7-5-4-6-8-13/h12H,4-11,14H2,1-3H3.